The monoisotopic (exact) mass is 330 g/mol. The molecule has 7 heteroatoms. The quantitative estimate of drug-likeness (QED) is 0.893. The maximum Gasteiger partial charge on any atom is 0.232 e. The Morgan fingerprint density at radius 3 is 2.95 bits per heavy atom. The molecule has 1 aromatic heterocycles. The molecule has 6 nitrogen and oxygen atoms in total. The molecule has 0 saturated carbocycles. The van der Waals surface area contributed by atoms with E-state index in [9.17, 15) is 0 Å². The number of methoxy groups -OCH3 is 2. The first-order valence-corrected chi connectivity index (χ1v) is 7.05. The van der Waals surface area contributed by atoms with Crippen molar-refractivity contribution in [2.75, 3.05) is 32.2 Å². The van der Waals surface area contributed by atoms with Gasteiger partial charge in [-0.25, -0.2) is 4.98 Å². The minimum absolute atomic E-state index is 0.199. The van der Waals surface area contributed by atoms with Crippen LogP contribution < -0.4 is 15.4 Å². The van der Waals surface area contributed by atoms with Gasteiger partial charge in [0, 0.05) is 26.2 Å². The fourth-order valence-electron chi connectivity index (χ4n) is 2.34. The maximum absolute atomic E-state index is 5.86. The molecule has 2 rings (SSSR count). The van der Waals surface area contributed by atoms with Crippen molar-refractivity contribution in [2.45, 2.75) is 25.0 Å². The molecule has 1 aromatic rings. The van der Waals surface area contributed by atoms with Gasteiger partial charge in [0.2, 0.25) is 11.8 Å². The first-order valence-electron chi connectivity index (χ1n) is 6.25. The van der Waals surface area contributed by atoms with Crippen molar-refractivity contribution >= 4 is 21.9 Å². The standard InChI is InChI=1S/C12H19BrN4O2/c1-18-9-3-4-17(8(5-9)6-14)12-15-7-10(13)11(16-12)19-2/h7-9H,3-6,14H2,1-2H3. The number of anilines is 1. The zero-order valence-corrected chi connectivity index (χ0v) is 12.8. The van der Waals surface area contributed by atoms with Crippen LogP contribution in [0.15, 0.2) is 10.7 Å². The average Bonchev–Trinajstić information content (AvgIpc) is 2.47. The van der Waals surface area contributed by atoms with Gasteiger partial charge in [-0.1, -0.05) is 0 Å². The lowest BCUT2D eigenvalue weighted by atomic mass is 10.00. The zero-order chi connectivity index (χ0) is 13.8. The second-order valence-electron chi connectivity index (χ2n) is 4.49. The Balaban J connectivity index is 2.20. The SMILES string of the molecule is COc1nc(N2CCC(OC)CC2CN)ncc1Br. The van der Waals surface area contributed by atoms with E-state index in [2.05, 4.69) is 30.8 Å². The van der Waals surface area contributed by atoms with Crippen LogP contribution in [-0.4, -0.2) is 49.4 Å². The molecule has 106 valence electrons. The molecular weight excluding hydrogens is 312 g/mol. The van der Waals surface area contributed by atoms with Crippen molar-refractivity contribution in [3.8, 4) is 5.88 Å². The van der Waals surface area contributed by atoms with Crippen LogP contribution in [0.25, 0.3) is 0 Å². The van der Waals surface area contributed by atoms with Crippen molar-refractivity contribution < 1.29 is 9.47 Å². The third kappa shape index (κ3) is 3.16. The second kappa shape index (κ2) is 6.49. The van der Waals surface area contributed by atoms with Crippen molar-refractivity contribution in [1.82, 2.24) is 9.97 Å². The highest BCUT2D eigenvalue weighted by molar-refractivity contribution is 9.10. The first kappa shape index (κ1) is 14.5. The largest absolute Gasteiger partial charge is 0.480 e. The van der Waals surface area contributed by atoms with Crippen LogP contribution in [0.5, 0.6) is 5.88 Å². The van der Waals surface area contributed by atoms with Gasteiger partial charge in [-0.05, 0) is 28.8 Å². The molecule has 2 atom stereocenters. The molecule has 2 N–H and O–H groups in total. The molecule has 0 radical (unpaired) electrons. The van der Waals surface area contributed by atoms with E-state index in [-0.39, 0.29) is 12.1 Å². The molecule has 2 heterocycles. The summed E-state index contributed by atoms with van der Waals surface area (Å²) in [5, 5.41) is 0. The zero-order valence-electron chi connectivity index (χ0n) is 11.2. The van der Waals surface area contributed by atoms with Crippen LogP contribution in [0, 0.1) is 0 Å². The van der Waals surface area contributed by atoms with Crippen molar-refractivity contribution in [1.29, 1.82) is 0 Å². The van der Waals surface area contributed by atoms with E-state index in [1.54, 1.807) is 20.4 Å². The van der Waals surface area contributed by atoms with Gasteiger partial charge in [0.25, 0.3) is 0 Å². The minimum atomic E-state index is 0.199. The topological polar surface area (TPSA) is 73.5 Å². The summed E-state index contributed by atoms with van der Waals surface area (Å²) in [5.41, 5.74) is 5.86. The smallest absolute Gasteiger partial charge is 0.232 e. The highest BCUT2D eigenvalue weighted by Crippen LogP contribution is 2.27. The number of nitrogens with two attached hydrogens (primary N) is 1. The van der Waals surface area contributed by atoms with Crippen molar-refractivity contribution in [2.24, 2.45) is 5.73 Å². The maximum atomic E-state index is 5.86. The summed E-state index contributed by atoms with van der Waals surface area (Å²) in [6.07, 6.45) is 3.82. The van der Waals surface area contributed by atoms with Gasteiger partial charge in [-0.2, -0.15) is 4.98 Å². The van der Waals surface area contributed by atoms with Gasteiger partial charge >= 0.3 is 0 Å². The molecule has 0 spiro atoms. The van der Waals surface area contributed by atoms with Crippen LogP contribution in [0.3, 0.4) is 0 Å². The predicted octanol–water partition coefficient (Wildman–Crippen LogP) is 1.19. The lowest BCUT2D eigenvalue weighted by molar-refractivity contribution is 0.0706. The van der Waals surface area contributed by atoms with E-state index >= 15 is 0 Å². The van der Waals surface area contributed by atoms with Gasteiger partial charge in [0.15, 0.2) is 0 Å². The van der Waals surface area contributed by atoms with Crippen LogP contribution >= 0.6 is 15.9 Å². The Kier molecular flexibility index (Phi) is 4.95. The summed E-state index contributed by atoms with van der Waals surface area (Å²) in [7, 11) is 3.33. The van der Waals surface area contributed by atoms with E-state index in [1.807, 2.05) is 0 Å². The predicted molar refractivity (Wildman–Crippen MR) is 76.5 cm³/mol. The van der Waals surface area contributed by atoms with E-state index in [4.69, 9.17) is 15.2 Å². The summed E-state index contributed by atoms with van der Waals surface area (Å²) in [6, 6.07) is 0.199. The number of aromatic nitrogens is 2. The third-order valence-corrected chi connectivity index (χ3v) is 3.97. The average molecular weight is 331 g/mol. The Morgan fingerprint density at radius 2 is 2.32 bits per heavy atom. The molecule has 0 aliphatic carbocycles. The number of ether oxygens (including phenoxy) is 2. The van der Waals surface area contributed by atoms with Crippen molar-refractivity contribution in [3.05, 3.63) is 10.7 Å². The molecule has 1 fully saturated rings. The first-order chi connectivity index (χ1) is 9.19. The molecule has 2 unspecified atom stereocenters. The Morgan fingerprint density at radius 1 is 1.53 bits per heavy atom. The highest BCUT2D eigenvalue weighted by atomic mass is 79.9. The number of hydrogen-bond acceptors (Lipinski definition) is 6. The number of piperidine rings is 1. The van der Waals surface area contributed by atoms with E-state index in [1.165, 1.54) is 0 Å². The molecule has 19 heavy (non-hydrogen) atoms. The van der Waals surface area contributed by atoms with Gasteiger partial charge in [-0.15, -0.1) is 0 Å². The van der Waals surface area contributed by atoms with Crippen LogP contribution in [-0.2, 0) is 4.74 Å². The van der Waals surface area contributed by atoms with Gasteiger partial charge in [-0.3, -0.25) is 0 Å². The molecular formula is C12H19BrN4O2. The van der Waals surface area contributed by atoms with Crippen LogP contribution in [0.1, 0.15) is 12.8 Å². The fourth-order valence-corrected chi connectivity index (χ4v) is 2.69. The molecule has 1 saturated heterocycles. The second-order valence-corrected chi connectivity index (χ2v) is 5.35. The Labute approximate surface area is 121 Å². The summed E-state index contributed by atoms with van der Waals surface area (Å²) >= 11 is 3.35. The minimum Gasteiger partial charge on any atom is -0.480 e. The van der Waals surface area contributed by atoms with Gasteiger partial charge in [0.1, 0.15) is 0 Å². The molecule has 1 aliphatic heterocycles. The molecule has 0 amide bonds. The van der Waals surface area contributed by atoms with Gasteiger partial charge < -0.3 is 20.1 Å². The van der Waals surface area contributed by atoms with E-state index in [0.29, 0.717) is 18.4 Å². The lowest BCUT2D eigenvalue weighted by Gasteiger charge is -2.38. The summed E-state index contributed by atoms with van der Waals surface area (Å²) < 4.78 is 11.4. The van der Waals surface area contributed by atoms with E-state index in [0.717, 1.165) is 23.9 Å². The Hall–Kier alpha value is -0.920. The molecule has 0 aromatic carbocycles. The number of rotatable bonds is 4. The number of hydrogen-bond donors (Lipinski definition) is 1. The fraction of sp³-hybridized carbons (Fsp3) is 0.667. The Bertz CT molecular complexity index is 432. The summed E-state index contributed by atoms with van der Waals surface area (Å²) in [5.74, 6) is 1.19. The highest BCUT2D eigenvalue weighted by Gasteiger charge is 2.29. The summed E-state index contributed by atoms with van der Waals surface area (Å²) in [6.45, 7) is 1.40. The number of halogens is 1. The molecule has 1 aliphatic rings. The van der Waals surface area contributed by atoms with Gasteiger partial charge in [0.05, 0.1) is 23.9 Å². The normalized spacial score (nSPS) is 23.5. The van der Waals surface area contributed by atoms with E-state index < -0.39 is 0 Å². The van der Waals surface area contributed by atoms with Crippen LogP contribution in [0.2, 0.25) is 0 Å². The third-order valence-electron chi connectivity index (χ3n) is 3.42. The lowest BCUT2D eigenvalue weighted by Crippen LogP contribution is -2.49. The van der Waals surface area contributed by atoms with Crippen LogP contribution in [0.4, 0.5) is 5.95 Å². The number of nitrogens with zero attached hydrogens (tertiary/aromatic N) is 3. The molecule has 0 bridgehead atoms. The summed E-state index contributed by atoms with van der Waals surface area (Å²) in [4.78, 5) is 10.9. The van der Waals surface area contributed by atoms with Crippen molar-refractivity contribution in [3.63, 3.8) is 0 Å².